The largest absolute Gasteiger partial charge is 0.321 e. The standard InChI is InChI=1S/C24H25N5O3/c1-15-18-10-5-6-11-19(18)29(14-20(30)24(2,3)4)22(31)21(26-15)28-23(32)27-17-9-7-8-16(12-17)13-25/h5-12,21H,14H2,1-4H3,(H2,27,28,32). The summed E-state index contributed by atoms with van der Waals surface area (Å²) < 4.78 is 0. The van der Waals surface area contributed by atoms with E-state index in [2.05, 4.69) is 15.6 Å². The Morgan fingerprint density at radius 2 is 1.88 bits per heavy atom. The highest BCUT2D eigenvalue weighted by atomic mass is 16.2. The average molecular weight is 431 g/mol. The second kappa shape index (κ2) is 9.02. The number of amides is 3. The fourth-order valence-corrected chi connectivity index (χ4v) is 3.20. The summed E-state index contributed by atoms with van der Waals surface area (Å²) in [6, 6.07) is 15.0. The summed E-state index contributed by atoms with van der Waals surface area (Å²) in [5.41, 5.74) is 2.02. The lowest BCUT2D eigenvalue weighted by Crippen LogP contribution is -2.50. The van der Waals surface area contributed by atoms with Crippen LogP contribution in [0.3, 0.4) is 0 Å². The first-order chi connectivity index (χ1) is 15.1. The van der Waals surface area contributed by atoms with Crippen LogP contribution in [0.1, 0.15) is 38.8 Å². The number of nitrogens with one attached hydrogen (secondary N) is 2. The van der Waals surface area contributed by atoms with E-state index in [4.69, 9.17) is 5.26 Å². The van der Waals surface area contributed by atoms with Crippen molar-refractivity contribution >= 4 is 34.8 Å². The maximum Gasteiger partial charge on any atom is 0.321 e. The van der Waals surface area contributed by atoms with E-state index in [1.807, 2.05) is 18.2 Å². The van der Waals surface area contributed by atoms with E-state index in [1.54, 1.807) is 58.0 Å². The molecule has 0 saturated heterocycles. The lowest BCUT2D eigenvalue weighted by molar-refractivity contribution is -0.127. The number of hydrogen-bond acceptors (Lipinski definition) is 5. The number of nitrogens with zero attached hydrogens (tertiary/aromatic N) is 3. The molecule has 2 N–H and O–H groups in total. The molecule has 8 heteroatoms. The van der Waals surface area contributed by atoms with E-state index in [0.29, 0.717) is 28.2 Å². The van der Waals surface area contributed by atoms with Gasteiger partial charge in [-0.2, -0.15) is 5.26 Å². The van der Waals surface area contributed by atoms with Crippen LogP contribution in [-0.2, 0) is 9.59 Å². The highest BCUT2D eigenvalue weighted by Crippen LogP contribution is 2.27. The van der Waals surface area contributed by atoms with Crippen molar-refractivity contribution in [3.05, 3.63) is 59.7 Å². The maximum absolute atomic E-state index is 13.4. The Hall–Kier alpha value is -3.99. The number of fused-ring (bicyclic) bond motifs is 1. The summed E-state index contributed by atoms with van der Waals surface area (Å²) in [6.45, 7) is 7.01. The fraction of sp³-hybridized carbons (Fsp3) is 0.292. The molecule has 2 aromatic rings. The number of aliphatic imine (C=N–C) groups is 1. The van der Waals surface area contributed by atoms with E-state index in [1.165, 1.54) is 11.0 Å². The molecule has 1 aliphatic heterocycles. The quantitative estimate of drug-likeness (QED) is 0.771. The SMILES string of the molecule is CC1=NC(NC(=O)Nc2cccc(C#N)c2)C(=O)N(CC(=O)C(C)(C)C)c2ccccc21. The number of nitriles is 1. The van der Waals surface area contributed by atoms with Crippen molar-refractivity contribution in [3.8, 4) is 6.07 Å². The van der Waals surface area contributed by atoms with Crippen molar-refractivity contribution < 1.29 is 14.4 Å². The van der Waals surface area contributed by atoms with Crippen LogP contribution < -0.4 is 15.5 Å². The highest BCUT2D eigenvalue weighted by molar-refractivity contribution is 6.14. The lowest BCUT2D eigenvalue weighted by atomic mass is 9.90. The van der Waals surface area contributed by atoms with Crippen LogP contribution in [0.15, 0.2) is 53.5 Å². The van der Waals surface area contributed by atoms with Gasteiger partial charge in [0.1, 0.15) is 0 Å². The van der Waals surface area contributed by atoms with Gasteiger partial charge < -0.3 is 15.5 Å². The fourth-order valence-electron chi connectivity index (χ4n) is 3.20. The molecule has 2 aromatic carbocycles. The first-order valence-corrected chi connectivity index (χ1v) is 10.2. The summed E-state index contributed by atoms with van der Waals surface area (Å²) >= 11 is 0. The normalized spacial score (nSPS) is 15.7. The molecule has 3 rings (SSSR count). The Morgan fingerprint density at radius 1 is 1.16 bits per heavy atom. The summed E-state index contributed by atoms with van der Waals surface area (Å²) in [7, 11) is 0. The van der Waals surface area contributed by atoms with Gasteiger partial charge in [-0.05, 0) is 31.2 Å². The van der Waals surface area contributed by atoms with Gasteiger partial charge in [-0.3, -0.25) is 14.6 Å². The third-order valence-corrected chi connectivity index (χ3v) is 5.06. The molecule has 1 atom stereocenters. The van der Waals surface area contributed by atoms with Crippen molar-refractivity contribution in [3.63, 3.8) is 0 Å². The Bertz CT molecular complexity index is 1140. The second-order valence-electron chi connectivity index (χ2n) is 8.52. The molecule has 32 heavy (non-hydrogen) atoms. The van der Waals surface area contributed by atoms with Crippen molar-refractivity contribution in [2.45, 2.75) is 33.9 Å². The van der Waals surface area contributed by atoms with Crippen molar-refractivity contribution in [1.29, 1.82) is 5.26 Å². The molecule has 0 aliphatic carbocycles. The molecule has 0 saturated carbocycles. The maximum atomic E-state index is 13.4. The van der Waals surface area contributed by atoms with Gasteiger partial charge in [-0.25, -0.2) is 4.79 Å². The predicted molar refractivity (Wildman–Crippen MR) is 123 cm³/mol. The van der Waals surface area contributed by atoms with Crippen LogP contribution in [-0.4, -0.2) is 36.1 Å². The van der Waals surface area contributed by atoms with Gasteiger partial charge in [-0.15, -0.1) is 0 Å². The molecule has 3 amide bonds. The van der Waals surface area contributed by atoms with Crippen molar-refractivity contribution in [2.24, 2.45) is 10.4 Å². The number of benzodiazepines with no additional fused rings is 1. The van der Waals surface area contributed by atoms with Gasteiger partial charge in [0.25, 0.3) is 5.91 Å². The lowest BCUT2D eigenvalue weighted by Gasteiger charge is -2.28. The number of carbonyl (C=O) groups excluding carboxylic acids is 3. The number of rotatable bonds is 4. The number of urea groups is 1. The molecule has 1 heterocycles. The van der Waals surface area contributed by atoms with E-state index >= 15 is 0 Å². The molecule has 0 spiro atoms. The number of Topliss-reactive ketones (excluding diaryl/α,β-unsaturated/α-hetero) is 1. The van der Waals surface area contributed by atoms with E-state index in [0.717, 1.165) is 0 Å². The Kier molecular flexibility index (Phi) is 6.40. The number of ketones is 1. The van der Waals surface area contributed by atoms with E-state index in [-0.39, 0.29) is 12.3 Å². The Labute approximate surface area is 186 Å². The van der Waals surface area contributed by atoms with Crippen LogP contribution in [0.25, 0.3) is 0 Å². The smallest absolute Gasteiger partial charge is 0.308 e. The minimum atomic E-state index is -1.21. The van der Waals surface area contributed by atoms with Crippen LogP contribution in [0.4, 0.5) is 16.2 Å². The zero-order valence-electron chi connectivity index (χ0n) is 18.5. The Morgan fingerprint density at radius 3 is 2.56 bits per heavy atom. The molecule has 0 bridgehead atoms. The van der Waals surface area contributed by atoms with Gasteiger partial charge in [0, 0.05) is 22.4 Å². The minimum absolute atomic E-state index is 0.114. The van der Waals surface area contributed by atoms with Gasteiger partial charge in [0.2, 0.25) is 6.17 Å². The first kappa shape index (κ1) is 22.7. The summed E-state index contributed by atoms with van der Waals surface area (Å²) in [6.07, 6.45) is -1.21. The molecule has 8 nitrogen and oxygen atoms in total. The van der Waals surface area contributed by atoms with Gasteiger partial charge in [0.15, 0.2) is 5.78 Å². The minimum Gasteiger partial charge on any atom is -0.308 e. The van der Waals surface area contributed by atoms with E-state index in [9.17, 15) is 14.4 Å². The number of benzene rings is 2. The average Bonchev–Trinajstić information content (AvgIpc) is 2.84. The summed E-state index contributed by atoms with van der Waals surface area (Å²) in [5.74, 6) is -0.621. The predicted octanol–water partition coefficient (Wildman–Crippen LogP) is 3.48. The third-order valence-electron chi connectivity index (χ3n) is 5.06. The molecule has 1 aliphatic rings. The number of hydrogen-bond donors (Lipinski definition) is 2. The second-order valence-corrected chi connectivity index (χ2v) is 8.52. The topological polar surface area (TPSA) is 115 Å². The molecule has 0 aromatic heterocycles. The van der Waals surface area contributed by atoms with Crippen LogP contribution in [0.5, 0.6) is 0 Å². The first-order valence-electron chi connectivity index (χ1n) is 10.2. The molecule has 0 fully saturated rings. The van der Waals surface area contributed by atoms with Crippen LogP contribution >= 0.6 is 0 Å². The van der Waals surface area contributed by atoms with Crippen LogP contribution in [0, 0.1) is 16.7 Å². The van der Waals surface area contributed by atoms with Crippen molar-refractivity contribution in [2.75, 3.05) is 16.8 Å². The number of carbonyl (C=O) groups is 3. The summed E-state index contributed by atoms with van der Waals surface area (Å²) in [4.78, 5) is 44.5. The van der Waals surface area contributed by atoms with Gasteiger partial charge in [-0.1, -0.05) is 45.0 Å². The third kappa shape index (κ3) is 5.01. The molecular weight excluding hydrogens is 406 g/mol. The van der Waals surface area contributed by atoms with Gasteiger partial charge >= 0.3 is 6.03 Å². The molecular formula is C24H25N5O3. The number of anilines is 2. The van der Waals surface area contributed by atoms with Crippen LogP contribution in [0.2, 0.25) is 0 Å². The van der Waals surface area contributed by atoms with E-state index < -0.39 is 23.5 Å². The molecule has 0 radical (unpaired) electrons. The molecule has 164 valence electrons. The zero-order valence-corrected chi connectivity index (χ0v) is 18.5. The summed E-state index contributed by atoms with van der Waals surface area (Å²) in [5, 5.41) is 14.2. The monoisotopic (exact) mass is 431 g/mol. The zero-order chi connectivity index (χ0) is 23.5. The van der Waals surface area contributed by atoms with Gasteiger partial charge in [0.05, 0.1) is 23.9 Å². The number of para-hydroxylation sites is 1. The Balaban J connectivity index is 1.88. The van der Waals surface area contributed by atoms with Crippen molar-refractivity contribution in [1.82, 2.24) is 5.32 Å². The highest BCUT2D eigenvalue weighted by Gasteiger charge is 2.34. The molecule has 1 unspecified atom stereocenters.